The van der Waals surface area contributed by atoms with Gasteiger partial charge < -0.3 is 15.5 Å². The zero-order valence-corrected chi connectivity index (χ0v) is 19.4. The lowest BCUT2D eigenvalue weighted by Crippen LogP contribution is -2.48. The quantitative estimate of drug-likeness (QED) is 0.629. The van der Waals surface area contributed by atoms with Gasteiger partial charge in [-0.05, 0) is 36.1 Å². The maximum Gasteiger partial charge on any atom is 0.242 e. The number of piperazine rings is 1. The van der Waals surface area contributed by atoms with Gasteiger partial charge in [0.1, 0.15) is 12.2 Å². The van der Waals surface area contributed by atoms with Crippen LogP contribution in [0.2, 0.25) is 5.02 Å². The number of carbonyl (C=O) groups is 1. The maximum absolute atomic E-state index is 14.6. The van der Waals surface area contributed by atoms with Crippen LogP contribution in [0.3, 0.4) is 0 Å². The second-order valence-corrected chi connectivity index (χ2v) is 9.00. The third kappa shape index (κ3) is 5.36. The molecule has 0 bridgehead atoms. The Kier molecular flexibility index (Phi) is 7.53. The van der Waals surface area contributed by atoms with Crippen molar-refractivity contribution in [1.82, 2.24) is 10.2 Å². The van der Waals surface area contributed by atoms with E-state index in [0.29, 0.717) is 25.9 Å². The van der Waals surface area contributed by atoms with Crippen LogP contribution in [0.15, 0.2) is 42.5 Å². The summed E-state index contributed by atoms with van der Waals surface area (Å²) in [5.41, 5.74) is 4.40. The summed E-state index contributed by atoms with van der Waals surface area (Å²) < 4.78 is 14.6. The van der Waals surface area contributed by atoms with Crippen molar-refractivity contribution in [3.05, 3.63) is 58.6 Å². The van der Waals surface area contributed by atoms with E-state index in [-0.39, 0.29) is 11.9 Å². The Bertz CT molecular complexity index is 907. The molecule has 2 atom stereocenters. The first-order valence-electron chi connectivity index (χ1n) is 11.6. The highest BCUT2D eigenvalue weighted by Crippen LogP contribution is 2.30. The average molecular weight is 459 g/mol. The van der Waals surface area contributed by atoms with E-state index in [4.69, 9.17) is 11.6 Å². The van der Waals surface area contributed by atoms with Crippen molar-refractivity contribution >= 4 is 28.9 Å². The fourth-order valence-corrected chi connectivity index (χ4v) is 4.94. The molecule has 0 aliphatic carbocycles. The van der Waals surface area contributed by atoms with E-state index in [0.717, 1.165) is 60.1 Å². The maximum atomic E-state index is 14.6. The first-order chi connectivity index (χ1) is 15.5. The molecular weight excluding hydrogens is 427 g/mol. The highest BCUT2D eigenvalue weighted by atomic mass is 35.5. The van der Waals surface area contributed by atoms with Gasteiger partial charge in [-0.3, -0.25) is 9.69 Å². The predicted molar refractivity (Wildman–Crippen MR) is 130 cm³/mol. The fraction of sp³-hybridized carbons (Fsp3) is 0.480. The summed E-state index contributed by atoms with van der Waals surface area (Å²) in [6.45, 7) is 6.16. The van der Waals surface area contributed by atoms with E-state index >= 15 is 0 Å². The summed E-state index contributed by atoms with van der Waals surface area (Å²) in [5.74, 6) is -0.0618. The molecule has 2 aromatic carbocycles. The molecule has 4 rings (SSSR count). The van der Waals surface area contributed by atoms with Gasteiger partial charge in [-0.25, -0.2) is 4.39 Å². The third-order valence-electron chi connectivity index (χ3n) is 6.45. The number of alkyl halides is 1. The summed E-state index contributed by atoms with van der Waals surface area (Å²) in [7, 11) is 0. The number of nitrogens with zero attached hydrogens (tertiary/aromatic N) is 2. The van der Waals surface area contributed by atoms with Crippen molar-refractivity contribution in [2.75, 3.05) is 49.5 Å². The van der Waals surface area contributed by atoms with Crippen molar-refractivity contribution in [1.29, 1.82) is 0 Å². The molecule has 0 radical (unpaired) electrons. The number of nitrogens with one attached hydrogen (secondary N) is 2. The molecule has 1 saturated heterocycles. The molecule has 2 aromatic rings. The van der Waals surface area contributed by atoms with Crippen LogP contribution in [0, 0.1) is 0 Å². The van der Waals surface area contributed by atoms with Gasteiger partial charge in [-0.1, -0.05) is 48.9 Å². The van der Waals surface area contributed by atoms with Crippen molar-refractivity contribution < 1.29 is 9.18 Å². The van der Waals surface area contributed by atoms with Gasteiger partial charge in [-0.2, -0.15) is 0 Å². The lowest BCUT2D eigenvalue weighted by atomic mass is 10.1. The molecular formula is C25H32ClFN4O. The first-order valence-corrected chi connectivity index (χ1v) is 11.9. The van der Waals surface area contributed by atoms with Crippen LogP contribution in [0.5, 0.6) is 0 Å². The number of halogens is 2. The van der Waals surface area contributed by atoms with Gasteiger partial charge in [-0.15, -0.1) is 0 Å². The van der Waals surface area contributed by atoms with Gasteiger partial charge >= 0.3 is 0 Å². The summed E-state index contributed by atoms with van der Waals surface area (Å²) in [4.78, 5) is 16.9. The molecule has 7 heteroatoms. The largest absolute Gasteiger partial charge is 0.373 e. The standard InChI is InChI=1S/C25H32ClFN4O/c1-2-18-7-5-9-23(24(18)26)31-14-12-30(13-15-31)17-20(27)10-11-28-25(32)22-16-19-6-3-4-8-21(19)29-22/h3-9,20,22,29H,2,10-17H2,1H3,(H,28,32). The SMILES string of the molecule is CCc1cccc(N2CCN(CC(F)CCNC(=O)C3Cc4ccccc4N3)CC2)c1Cl. The minimum atomic E-state index is -0.956. The number of hydrogen-bond acceptors (Lipinski definition) is 4. The van der Waals surface area contributed by atoms with Gasteiger partial charge in [0.15, 0.2) is 0 Å². The van der Waals surface area contributed by atoms with Crippen molar-refractivity contribution in [2.45, 2.75) is 38.4 Å². The molecule has 0 aromatic heterocycles. The molecule has 2 heterocycles. The van der Waals surface area contributed by atoms with E-state index in [9.17, 15) is 9.18 Å². The molecule has 2 N–H and O–H groups in total. The fourth-order valence-electron chi connectivity index (χ4n) is 4.56. The van der Waals surface area contributed by atoms with Gasteiger partial charge in [0.2, 0.25) is 5.91 Å². The van der Waals surface area contributed by atoms with E-state index in [1.165, 1.54) is 0 Å². The van der Waals surface area contributed by atoms with Crippen LogP contribution in [-0.2, 0) is 17.6 Å². The number of fused-ring (bicyclic) bond motifs is 1. The molecule has 2 unspecified atom stereocenters. The van der Waals surface area contributed by atoms with Crippen LogP contribution in [0.4, 0.5) is 15.8 Å². The van der Waals surface area contributed by atoms with Crippen molar-refractivity contribution in [2.24, 2.45) is 0 Å². The highest BCUT2D eigenvalue weighted by Gasteiger charge is 2.26. The molecule has 32 heavy (non-hydrogen) atoms. The summed E-state index contributed by atoms with van der Waals surface area (Å²) in [6, 6.07) is 13.9. The zero-order chi connectivity index (χ0) is 22.5. The Morgan fingerprint density at radius 3 is 2.72 bits per heavy atom. The zero-order valence-electron chi connectivity index (χ0n) is 18.6. The Balaban J connectivity index is 1.16. The molecule has 0 saturated carbocycles. The lowest BCUT2D eigenvalue weighted by molar-refractivity contribution is -0.121. The van der Waals surface area contributed by atoms with Gasteiger partial charge in [0.05, 0.1) is 10.7 Å². The summed E-state index contributed by atoms with van der Waals surface area (Å²) >= 11 is 6.56. The smallest absolute Gasteiger partial charge is 0.242 e. The number of hydrogen-bond donors (Lipinski definition) is 2. The second kappa shape index (κ2) is 10.5. The number of anilines is 2. The van der Waals surface area contributed by atoms with Crippen LogP contribution < -0.4 is 15.5 Å². The van der Waals surface area contributed by atoms with E-state index in [1.807, 2.05) is 24.3 Å². The Hall–Kier alpha value is -2.31. The molecule has 2 aliphatic rings. The number of para-hydroxylation sites is 1. The topological polar surface area (TPSA) is 47.6 Å². The molecule has 1 fully saturated rings. The number of benzene rings is 2. The van der Waals surface area contributed by atoms with Crippen LogP contribution in [0.25, 0.3) is 0 Å². The summed E-state index contributed by atoms with van der Waals surface area (Å²) in [5, 5.41) is 6.96. The normalized spacial score (nSPS) is 19.3. The third-order valence-corrected chi connectivity index (χ3v) is 6.89. The molecule has 0 spiro atoms. The summed E-state index contributed by atoms with van der Waals surface area (Å²) in [6.07, 6.45) is 0.964. The lowest BCUT2D eigenvalue weighted by Gasteiger charge is -2.37. The molecule has 5 nitrogen and oxygen atoms in total. The monoisotopic (exact) mass is 458 g/mol. The predicted octanol–water partition coefficient (Wildman–Crippen LogP) is 3.91. The first kappa shape index (κ1) is 22.9. The van der Waals surface area contributed by atoms with E-state index in [2.05, 4.69) is 45.6 Å². The average Bonchev–Trinajstić information content (AvgIpc) is 3.24. The van der Waals surface area contributed by atoms with Crippen LogP contribution in [0.1, 0.15) is 24.5 Å². The Morgan fingerprint density at radius 2 is 1.97 bits per heavy atom. The number of rotatable bonds is 8. The number of amides is 1. The van der Waals surface area contributed by atoms with E-state index < -0.39 is 6.17 Å². The Labute approximate surface area is 194 Å². The second-order valence-electron chi connectivity index (χ2n) is 8.63. The number of aryl methyl sites for hydroxylation is 1. The van der Waals surface area contributed by atoms with Crippen molar-refractivity contribution in [3.8, 4) is 0 Å². The van der Waals surface area contributed by atoms with Gasteiger partial charge in [0, 0.05) is 51.4 Å². The molecule has 1 amide bonds. The molecule has 172 valence electrons. The van der Waals surface area contributed by atoms with Crippen LogP contribution in [-0.4, -0.2) is 62.3 Å². The van der Waals surface area contributed by atoms with Gasteiger partial charge in [0.25, 0.3) is 0 Å². The minimum absolute atomic E-state index is 0.0618. The van der Waals surface area contributed by atoms with Crippen molar-refractivity contribution in [3.63, 3.8) is 0 Å². The Morgan fingerprint density at radius 1 is 1.19 bits per heavy atom. The van der Waals surface area contributed by atoms with E-state index in [1.54, 1.807) is 0 Å². The number of carbonyl (C=O) groups excluding carboxylic acids is 1. The highest BCUT2D eigenvalue weighted by molar-refractivity contribution is 6.34. The molecule has 2 aliphatic heterocycles. The van der Waals surface area contributed by atoms with Crippen LogP contribution >= 0.6 is 11.6 Å². The minimum Gasteiger partial charge on any atom is -0.373 e.